The van der Waals surface area contributed by atoms with E-state index in [9.17, 15) is 83.1 Å². The van der Waals surface area contributed by atoms with Gasteiger partial charge in [-0.05, 0) is 86.6 Å². The van der Waals surface area contributed by atoms with Crippen molar-refractivity contribution < 1.29 is 97.2 Å². The van der Waals surface area contributed by atoms with Gasteiger partial charge in [0.1, 0.15) is 61.8 Å². The van der Waals surface area contributed by atoms with Crippen LogP contribution >= 0.6 is 0 Å². The molecule has 0 unspecified atom stereocenters. The number of halogens is 1. The Labute approximate surface area is 566 Å². The molecule has 0 saturated heterocycles. The first-order chi connectivity index (χ1) is 47.2. The molecule has 3 aliphatic heterocycles. The number of rotatable bonds is 34. The topological polar surface area (TPSA) is 453 Å². The predicted molar refractivity (Wildman–Crippen MR) is 344 cm³/mol. The van der Waals surface area contributed by atoms with E-state index in [1.807, 2.05) is 0 Å². The molecular formula is C67H82FN11O20. The lowest BCUT2D eigenvalue weighted by Crippen LogP contribution is -2.53. The molecule has 2 aliphatic carbocycles. The molecule has 2 aromatic carbocycles. The quantitative estimate of drug-likeness (QED) is 0.00857. The fraction of sp³-hybridized carbons (Fsp3) is 0.507. The van der Waals surface area contributed by atoms with Gasteiger partial charge in [0.25, 0.3) is 17.4 Å². The number of imide groups is 1. The number of aliphatic hydroxyl groups excluding tert-OH is 5. The van der Waals surface area contributed by atoms with Crippen molar-refractivity contribution in [3.63, 3.8) is 0 Å². The molecule has 10 amide bonds. The molecule has 5 heterocycles. The molecule has 9 rings (SSSR count). The van der Waals surface area contributed by atoms with Crippen LogP contribution in [-0.2, 0) is 93.8 Å². The molecule has 5 aliphatic rings. The Balaban J connectivity index is 0.740. The standard InChI is InChI=1S/C67H82FN11O20/c1-34-38-15-16-43(58-39-29-79-47(59(39)75-45(57(38)58)24-42(34)68)23-41-40(64(79)94)32-98-66(96)67(41,97)25-37-13-14-37)76-62(92)35(2)99-33-72-53(86)27-71-63(93)46(22-36-10-6-4-7-11-36)74-54(87)28-70-52(85)26-69-50(83)18-17-44(65(95)77(3)30-48(81)60(90)61(91)49(82)31-80)73-51(84)12-8-5-9-21-78-55(88)19-20-56(78)89/h4,6-7,10-11,19-20,23-24,35,37,43-44,46,48-49,60-61,80-82,90-91,97H,5,8-9,12-18,21-22,25-33H2,1-3H3,(H,69,83)(H,70,85)(H,71,93)(H,72,86)(H,73,84)(H,74,87)(H,76,92)/t35-,43+,44+,46+,48+,49-,60-,61-,67+/m1/s1. The average molecular weight is 1380 g/mol. The second-order valence-electron chi connectivity index (χ2n) is 25.5. The Morgan fingerprint density at radius 2 is 1.44 bits per heavy atom. The van der Waals surface area contributed by atoms with E-state index in [-0.39, 0.29) is 74.4 Å². The highest BCUT2D eigenvalue weighted by molar-refractivity contribution is 6.13. The van der Waals surface area contributed by atoms with Crippen molar-refractivity contribution in [3.05, 3.63) is 110 Å². The fourth-order valence-corrected chi connectivity index (χ4v) is 12.6. The Morgan fingerprint density at radius 1 is 0.778 bits per heavy atom. The van der Waals surface area contributed by atoms with Gasteiger partial charge in [0, 0.05) is 74.1 Å². The van der Waals surface area contributed by atoms with Gasteiger partial charge in [-0.15, -0.1) is 0 Å². The van der Waals surface area contributed by atoms with Gasteiger partial charge in [0.15, 0.2) is 5.60 Å². The number of cyclic esters (lactones) is 1. The molecule has 1 fully saturated rings. The van der Waals surface area contributed by atoms with Crippen molar-refractivity contribution in [1.29, 1.82) is 0 Å². The van der Waals surface area contributed by atoms with Crippen molar-refractivity contribution in [2.75, 3.05) is 53.1 Å². The van der Waals surface area contributed by atoms with E-state index in [0.29, 0.717) is 70.3 Å². The maximum Gasteiger partial charge on any atom is 0.343 e. The van der Waals surface area contributed by atoms with Crippen LogP contribution < -0.4 is 42.8 Å². The number of nitrogens with zero attached hydrogens (tertiary/aromatic N) is 4. The van der Waals surface area contributed by atoms with Crippen LogP contribution in [0, 0.1) is 18.7 Å². The first-order valence-corrected chi connectivity index (χ1v) is 32.7. The Bertz CT molecular complexity index is 3880. The third-order valence-corrected chi connectivity index (χ3v) is 18.3. The molecule has 0 radical (unpaired) electrons. The lowest BCUT2D eigenvalue weighted by molar-refractivity contribution is -0.173. The van der Waals surface area contributed by atoms with Gasteiger partial charge in [0.2, 0.25) is 47.3 Å². The molecule has 2 aromatic heterocycles. The minimum Gasteiger partial charge on any atom is -0.458 e. The van der Waals surface area contributed by atoms with Crippen molar-refractivity contribution in [1.82, 2.24) is 56.6 Å². The van der Waals surface area contributed by atoms with Gasteiger partial charge < -0.3 is 86.8 Å². The van der Waals surface area contributed by atoms with E-state index in [1.54, 1.807) is 43.3 Å². The summed E-state index contributed by atoms with van der Waals surface area (Å²) in [7, 11) is 1.19. The monoisotopic (exact) mass is 1380 g/mol. The number of carbonyl (C=O) groups is 11. The summed E-state index contributed by atoms with van der Waals surface area (Å²) >= 11 is 0. The lowest BCUT2D eigenvalue weighted by atomic mass is 9.81. The van der Waals surface area contributed by atoms with E-state index in [1.165, 1.54) is 24.6 Å². The number of amides is 10. The number of hydrogen-bond donors (Lipinski definition) is 13. The molecule has 0 bridgehead atoms. The molecule has 32 heteroatoms. The third-order valence-electron chi connectivity index (χ3n) is 18.3. The number of ether oxygens (including phenoxy) is 2. The van der Waals surface area contributed by atoms with E-state index >= 15 is 4.39 Å². The number of aryl methyl sites for hydroxylation is 1. The van der Waals surface area contributed by atoms with Gasteiger partial charge in [-0.1, -0.05) is 49.6 Å². The number of likely N-dealkylation sites (N-methyl/N-ethyl adjacent to an activating group) is 1. The molecule has 31 nitrogen and oxygen atoms in total. The van der Waals surface area contributed by atoms with E-state index in [4.69, 9.17) is 19.6 Å². The summed E-state index contributed by atoms with van der Waals surface area (Å²) in [5.41, 5.74) is 1.68. The summed E-state index contributed by atoms with van der Waals surface area (Å²) < 4.78 is 28.1. The van der Waals surface area contributed by atoms with Crippen LogP contribution in [0.1, 0.15) is 116 Å². The third kappa shape index (κ3) is 17.7. The fourth-order valence-electron chi connectivity index (χ4n) is 12.6. The van der Waals surface area contributed by atoms with Gasteiger partial charge in [-0.25, -0.2) is 14.2 Å². The van der Waals surface area contributed by atoms with Gasteiger partial charge >= 0.3 is 5.97 Å². The molecular weight excluding hydrogens is 1300 g/mol. The Kier molecular flexibility index (Phi) is 24.2. The highest BCUT2D eigenvalue weighted by Gasteiger charge is 2.50. The zero-order valence-corrected chi connectivity index (χ0v) is 54.8. The van der Waals surface area contributed by atoms with Gasteiger partial charge in [-0.2, -0.15) is 0 Å². The number of pyridine rings is 2. The molecule has 1 saturated carbocycles. The zero-order valence-electron chi connectivity index (χ0n) is 54.8. The highest BCUT2D eigenvalue weighted by Crippen LogP contribution is 2.48. The molecule has 9 atom stereocenters. The van der Waals surface area contributed by atoms with Crippen molar-refractivity contribution >= 4 is 75.9 Å². The molecule has 532 valence electrons. The minimum atomic E-state index is -2.04. The number of fused-ring (bicyclic) bond motifs is 5. The minimum absolute atomic E-state index is 0.0235. The van der Waals surface area contributed by atoms with Crippen molar-refractivity contribution in [2.45, 2.75) is 158 Å². The van der Waals surface area contributed by atoms with Crippen LogP contribution in [0.3, 0.4) is 0 Å². The van der Waals surface area contributed by atoms with Crippen molar-refractivity contribution in [3.8, 4) is 11.4 Å². The average Bonchev–Trinajstić information content (AvgIpc) is 1.64. The molecule has 0 spiro atoms. The molecule has 13 N–H and O–H groups in total. The van der Waals surface area contributed by atoms with Crippen LogP contribution in [-0.4, -0.2) is 211 Å². The van der Waals surface area contributed by atoms with E-state index in [0.717, 1.165) is 34.8 Å². The second kappa shape index (κ2) is 32.5. The summed E-state index contributed by atoms with van der Waals surface area (Å²) in [6.07, 6.45) is -4.07. The summed E-state index contributed by atoms with van der Waals surface area (Å²) in [6, 6.07) is 8.03. The number of hydrogen-bond acceptors (Lipinski definition) is 21. The Morgan fingerprint density at radius 3 is 2.15 bits per heavy atom. The number of esters is 1. The number of aromatic nitrogens is 2. The summed E-state index contributed by atoms with van der Waals surface area (Å²) in [6.45, 7) is -1.10. The van der Waals surface area contributed by atoms with Crippen LogP contribution in [0.2, 0.25) is 0 Å². The van der Waals surface area contributed by atoms with Crippen LogP contribution in [0.4, 0.5) is 4.39 Å². The second-order valence-corrected chi connectivity index (χ2v) is 25.5. The van der Waals surface area contributed by atoms with E-state index in [2.05, 4.69) is 37.2 Å². The van der Waals surface area contributed by atoms with Crippen LogP contribution in [0.5, 0.6) is 0 Å². The highest BCUT2D eigenvalue weighted by atomic mass is 19.1. The first-order valence-electron chi connectivity index (χ1n) is 32.7. The molecule has 99 heavy (non-hydrogen) atoms. The summed E-state index contributed by atoms with van der Waals surface area (Å²) in [4.78, 5) is 165. The number of nitrogens with one attached hydrogen (secondary N) is 7. The number of benzene rings is 2. The van der Waals surface area contributed by atoms with Crippen LogP contribution in [0.25, 0.3) is 22.3 Å². The number of unbranched alkanes of at least 4 members (excludes halogenated alkanes) is 2. The van der Waals surface area contributed by atoms with Crippen LogP contribution in [0.15, 0.2) is 59.4 Å². The summed E-state index contributed by atoms with van der Waals surface area (Å²) in [5.74, 6) is -8.21. The van der Waals surface area contributed by atoms with Crippen molar-refractivity contribution in [2.24, 2.45) is 5.92 Å². The van der Waals surface area contributed by atoms with Gasteiger partial charge in [-0.3, -0.25) is 57.6 Å². The maximum atomic E-state index is 15.6. The van der Waals surface area contributed by atoms with Gasteiger partial charge in [0.05, 0.1) is 61.3 Å². The molecule has 4 aromatic rings. The normalized spacial score (nSPS) is 18.7. The largest absolute Gasteiger partial charge is 0.458 e. The summed E-state index contributed by atoms with van der Waals surface area (Å²) in [5, 5.41) is 80.0. The number of carbonyl (C=O) groups excluding carboxylic acids is 11. The first kappa shape index (κ1) is 73.8. The predicted octanol–water partition coefficient (Wildman–Crippen LogP) is -2.78. The zero-order chi connectivity index (χ0) is 71.6. The lowest BCUT2D eigenvalue weighted by Gasteiger charge is -2.32. The smallest absolute Gasteiger partial charge is 0.343 e. The maximum absolute atomic E-state index is 15.6. The Hall–Kier alpha value is -9.44. The number of aliphatic hydroxyl groups is 6. The van der Waals surface area contributed by atoms with E-state index < -0.39 is 177 Å². The SMILES string of the molecule is Cc1c(F)cc2nc3c(c4c2c1CC[C@@H]4NC(=O)[C@@H](C)OCNC(=O)CNC(=O)[C@H](Cc1ccccc1)NC(=O)CNC(=O)CNC(=O)CC[C@H](NC(=O)CCCCCN1C(=O)C=CC1=O)C(=O)N(C)C[C@H](O)[C@@H](O)[C@H](O)[C@H](O)CO)Cn1c-3cc2c(c1=O)COC(=O)[C@]2(O)CC1CC1.